The molecule has 1 unspecified atom stereocenters. The zero-order chi connectivity index (χ0) is 14.4. The van der Waals surface area contributed by atoms with E-state index in [1.165, 1.54) is 7.11 Å². The number of ether oxygens (including phenoxy) is 2. The van der Waals surface area contributed by atoms with Crippen LogP contribution in [0.4, 0.5) is 0 Å². The van der Waals surface area contributed by atoms with Gasteiger partial charge in [-0.05, 0) is 38.8 Å². The maximum absolute atomic E-state index is 12.1. The van der Waals surface area contributed by atoms with Crippen LogP contribution in [0.5, 0.6) is 0 Å². The average molecular weight is 284 g/mol. The fraction of sp³-hybridized carbons (Fsp3) is 0.857. The number of methoxy groups -OCH3 is 1. The molecule has 2 rings (SSSR count). The summed E-state index contributed by atoms with van der Waals surface area (Å²) in [5.74, 6) is -0.318. The monoisotopic (exact) mass is 284 g/mol. The number of carbonyl (C=O) groups excluding carboxylic acids is 2. The Morgan fingerprint density at radius 3 is 2.70 bits per heavy atom. The third kappa shape index (κ3) is 3.93. The molecule has 2 fully saturated rings. The van der Waals surface area contributed by atoms with Crippen molar-refractivity contribution in [2.75, 3.05) is 33.4 Å². The number of hydrogen-bond donors (Lipinski definition) is 1. The zero-order valence-electron chi connectivity index (χ0n) is 12.1. The standard InChI is InChI=1S/C14H24N2O4/c1-19-14(18)12-3-2-9-16(12)13(17)6-10-20-11-4-7-15-8-5-11/h11-12,15H,2-10H2,1H3. The summed E-state index contributed by atoms with van der Waals surface area (Å²) in [4.78, 5) is 25.4. The molecule has 0 radical (unpaired) electrons. The van der Waals surface area contributed by atoms with Crippen LogP contribution < -0.4 is 5.32 Å². The second-order valence-electron chi connectivity index (χ2n) is 5.34. The summed E-state index contributed by atoms with van der Waals surface area (Å²) >= 11 is 0. The fourth-order valence-corrected chi connectivity index (χ4v) is 2.86. The van der Waals surface area contributed by atoms with Crippen molar-refractivity contribution in [3.05, 3.63) is 0 Å². The molecule has 20 heavy (non-hydrogen) atoms. The van der Waals surface area contributed by atoms with Crippen LogP contribution in [-0.2, 0) is 19.1 Å². The Labute approximate surface area is 119 Å². The number of esters is 1. The SMILES string of the molecule is COC(=O)C1CCCN1C(=O)CCOC1CCNCC1. The number of carbonyl (C=O) groups is 2. The molecule has 0 aromatic carbocycles. The second kappa shape index (κ2) is 7.59. The van der Waals surface area contributed by atoms with E-state index < -0.39 is 6.04 Å². The van der Waals surface area contributed by atoms with Crippen LogP contribution in [0.25, 0.3) is 0 Å². The Kier molecular flexibility index (Phi) is 5.79. The smallest absolute Gasteiger partial charge is 0.328 e. The molecule has 2 aliphatic heterocycles. The van der Waals surface area contributed by atoms with Crippen LogP contribution in [-0.4, -0.2) is 62.3 Å². The number of likely N-dealkylation sites (tertiary alicyclic amines) is 1. The summed E-state index contributed by atoms with van der Waals surface area (Å²) in [5.41, 5.74) is 0. The summed E-state index contributed by atoms with van der Waals surface area (Å²) in [5, 5.41) is 3.28. The first kappa shape index (κ1) is 15.3. The van der Waals surface area contributed by atoms with E-state index in [0.717, 1.165) is 32.4 Å². The van der Waals surface area contributed by atoms with Crippen LogP contribution in [0.15, 0.2) is 0 Å². The zero-order valence-corrected chi connectivity index (χ0v) is 12.1. The van der Waals surface area contributed by atoms with E-state index in [1.807, 2.05) is 0 Å². The van der Waals surface area contributed by atoms with Gasteiger partial charge in [0.1, 0.15) is 6.04 Å². The van der Waals surface area contributed by atoms with Crippen molar-refractivity contribution < 1.29 is 19.1 Å². The van der Waals surface area contributed by atoms with Gasteiger partial charge in [-0.2, -0.15) is 0 Å². The maximum Gasteiger partial charge on any atom is 0.328 e. The van der Waals surface area contributed by atoms with Crippen LogP contribution in [0.2, 0.25) is 0 Å². The van der Waals surface area contributed by atoms with Crippen molar-refractivity contribution in [2.24, 2.45) is 0 Å². The van der Waals surface area contributed by atoms with E-state index in [1.54, 1.807) is 4.90 Å². The van der Waals surface area contributed by atoms with E-state index in [-0.39, 0.29) is 18.0 Å². The molecule has 0 aromatic rings. The van der Waals surface area contributed by atoms with Crippen molar-refractivity contribution >= 4 is 11.9 Å². The predicted molar refractivity (Wildman–Crippen MR) is 73.2 cm³/mol. The van der Waals surface area contributed by atoms with Gasteiger partial charge in [-0.1, -0.05) is 0 Å². The summed E-state index contributed by atoms with van der Waals surface area (Å²) in [6, 6.07) is -0.397. The number of amides is 1. The topological polar surface area (TPSA) is 67.9 Å². The molecular weight excluding hydrogens is 260 g/mol. The lowest BCUT2D eigenvalue weighted by Gasteiger charge is -2.25. The molecule has 114 valence electrons. The molecule has 6 heteroatoms. The van der Waals surface area contributed by atoms with Gasteiger partial charge in [-0.25, -0.2) is 4.79 Å². The first-order valence-corrected chi connectivity index (χ1v) is 7.42. The first-order chi connectivity index (χ1) is 9.72. The molecule has 1 N–H and O–H groups in total. The molecule has 6 nitrogen and oxygen atoms in total. The van der Waals surface area contributed by atoms with E-state index in [4.69, 9.17) is 9.47 Å². The Morgan fingerprint density at radius 1 is 1.25 bits per heavy atom. The van der Waals surface area contributed by atoms with E-state index >= 15 is 0 Å². The highest BCUT2D eigenvalue weighted by Gasteiger charge is 2.34. The Bertz CT molecular complexity index is 342. The minimum Gasteiger partial charge on any atom is -0.467 e. The Morgan fingerprint density at radius 2 is 2.00 bits per heavy atom. The minimum absolute atomic E-state index is 0.00756. The van der Waals surface area contributed by atoms with Gasteiger partial charge in [0.25, 0.3) is 0 Å². The third-order valence-electron chi connectivity index (χ3n) is 4.00. The van der Waals surface area contributed by atoms with Gasteiger partial charge in [0.2, 0.25) is 5.91 Å². The molecule has 0 aromatic heterocycles. The lowest BCUT2D eigenvalue weighted by Crippen LogP contribution is -2.41. The lowest BCUT2D eigenvalue weighted by atomic mass is 10.1. The summed E-state index contributed by atoms with van der Waals surface area (Å²) in [7, 11) is 1.36. The van der Waals surface area contributed by atoms with E-state index in [9.17, 15) is 9.59 Å². The molecule has 0 bridgehead atoms. The lowest BCUT2D eigenvalue weighted by molar-refractivity contribution is -0.151. The molecular formula is C14H24N2O4. The maximum atomic E-state index is 12.1. The number of hydrogen-bond acceptors (Lipinski definition) is 5. The van der Waals surface area contributed by atoms with Crippen molar-refractivity contribution in [2.45, 2.75) is 44.2 Å². The number of nitrogens with zero attached hydrogens (tertiary/aromatic N) is 1. The second-order valence-corrected chi connectivity index (χ2v) is 5.34. The summed E-state index contributed by atoms with van der Waals surface area (Å²) < 4.78 is 10.5. The fourth-order valence-electron chi connectivity index (χ4n) is 2.86. The molecule has 1 amide bonds. The van der Waals surface area contributed by atoms with E-state index in [0.29, 0.717) is 26.0 Å². The molecule has 2 aliphatic rings. The Hall–Kier alpha value is -1.14. The van der Waals surface area contributed by atoms with Gasteiger partial charge >= 0.3 is 5.97 Å². The van der Waals surface area contributed by atoms with Gasteiger partial charge in [0.15, 0.2) is 0 Å². The summed E-state index contributed by atoms with van der Waals surface area (Å²) in [6.45, 7) is 3.05. The minimum atomic E-state index is -0.397. The van der Waals surface area contributed by atoms with Crippen LogP contribution in [0.3, 0.4) is 0 Å². The van der Waals surface area contributed by atoms with Gasteiger partial charge < -0.3 is 19.7 Å². The van der Waals surface area contributed by atoms with Crippen molar-refractivity contribution in [1.29, 1.82) is 0 Å². The quantitative estimate of drug-likeness (QED) is 0.736. The van der Waals surface area contributed by atoms with Crippen LogP contribution in [0, 0.1) is 0 Å². The summed E-state index contributed by atoms with van der Waals surface area (Å²) in [6.07, 6.45) is 4.18. The van der Waals surface area contributed by atoms with E-state index in [2.05, 4.69) is 5.32 Å². The highest BCUT2D eigenvalue weighted by Crippen LogP contribution is 2.19. The highest BCUT2D eigenvalue weighted by molar-refractivity contribution is 5.85. The average Bonchev–Trinajstić information content (AvgIpc) is 2.97. The Balaban J connectivity index is 1.72. The van der Waals surface area contributed by atoms with Crippen molar-refractivity contribution in [3.8, 4) is 0 Å². The molecule has 0 saturated carbocycles. The molecule has 2 heterocycles. The van der Waals surface area contributed by atoms with Gasteiger partial charge in [0, 0.05) is 6.54 Å². The van der Waals surface area contributed by atoms with Gasteiger partial charge in [-0.15, -0.1) is 0 Å². The normalized spacial score (nSPS) is 23.9. The van der Waals surface area contributed by atoms with Crippen molar-refractivity contribution in [1.82, 2.24) is 10.2 Å². The van der Waals surface area contributed by atoms with Gasteiger partial charge in [0.05, 0.1) is 26.2 Å². The third-order valence-corrected chi connectivity index (χ3v) is 4.00. The largest absolute Gasteiger partial charge is 0.467 e. The van der Waals surface area contributed by atoms with Gasteiger partial charge in [-0.3, -0.25) is 4.79 Å². The molecule has 0 spiro atoms. The predicted octanol–water partition coefficient (Wildman–Crippen LogP) is 0.309. The first-order valence-electron chi connectivity index (χ1n) is 7.42. The molecule has 0 aliphatic carbocycles. The van der Waals surface area contributed by atoms with Crippen molar-refractivity contribution in [3.63, 3.8) is 0 Å². The number of piperidine rings is 1. The number of nitrogens with one attached hydrogen (secondary N) is 1. The van der Waals surface area contributed by atoms with Crippen LogP contribution in [0.1, 0.15) is 32.1 Å². The number of rotatable bonds is 5. The molecule has 1 atom stereocenters. The van der Waals surface area contributed by atoms with Crippen LogP contribution >= 0.6 is 0 Å². The highest BCUT2D eigenvalue weighted by atomic mass is 16.5. The molecule has 2 saturated heterocycles.